The Balaban J connectivity index is 1.77. The smallest absolute Gasteiger partial charge is 0.335 e. The van der Waals surface area contributed by atoms with E-state index in [-0.39, 0.29) is 11.6 Å². The summed E-state index contributed by atoms with van der Waals surface area (Å²) in [6.07, 6.45) is 1.74. The lowest BCUT2D eigenvalue weighted by molar-refractivity contribution is 0.0697. The van der Waals surface area contributed by atoms with E-state index in [0.717, 1.165) is 15.4 Å². The zero-order chi connectivity index (χ0) is 15.2. The Morgan fingerprint density at radius 1 is 1.19 bits per heavy atom. The SMILES string of the molecule is Cc1ncc(CNC(=O)NCc2ccc(C(=O)O)cc2)s1. The lowest BCUT2D eigenvalue weighted by Crippen LogP contribution is -2.34. The van der Waals surface area contributed by atoms with Crippen LogP contribution >= 0.6 is 11.3 Å². The van der Waals surface area contributed by atoms with Crippen molar-refractivity contribution in [1.82, 2.24) is 15.6 Å². The fourth-order valence-corrected chi connectivity index (χ4v) is 2.40. The highest BCUT2D eigenvalue weighted by molar-refractivity contribution is 7.11. The average Bonchev–Trinajstić information content (AvgIpc) is 2.89. The first-order valence-electron chi connectivity index (χ1n) is 6.30. The second-order valence-electron chi connectivity index (χ2n) is 4.38. The van der Waals surface area contributed by atoms with Crippen LogP contribution in [-0.2, 0) is 13.1 Å². The number of carbonyl (C=O) groups is 2. The molecule has 1 heterocycles. The van der Waals surface area contributed by atoms with Crippen LogP contribution < -0.4 is 10.6 Å². The van der Waals surface area contributed by atoms with Crippen LogP contribution in [0.25, 0.3) is 0 Å². The van der Waals surface area contributed by atoms with Gasteiger partial charge in [-0.2, -0.15) is 0 Å². The van der Waals surface area contributed by atoms with Crippen LogP contribution in [0.3, 0.4) is 0 Å². The number of amides is 2. The molecule has 0 saturated heterocycles. The number of aromatic nitrogens is 1. The molecule has 0 fully saturated rings. The Kier molecular flexibility index (Phi) is 4.89. The minimum absolute atomic E-state index is 0.226. The predicted octanol–water partition coefficient (Wildman–Crippen LogP) is 2.15. The lowest BCUT2D eigenvalue weighted by atomic mass is 10.1. The van der Waals surface area contributed by atoms with Gasteiger partial charge in [0.1, 0.15) is 0 Å². The third-order valence-corrected chi connectivity index (χ3v) is 3.66. The van der Waals surface area contributed by atoms with Crippen molar-refractivity contribution < 1.29 is 14.7 Å². The van der Waals surface area contributed by atoms with Crippen LogP contribution in [0.4, 0.5) is 4.79 Å². The van der Waals surface area contributed by atoms with Gasteiger partial charge >= 0.3 is 12.0 Å². The van der Waals surface area contributed by atoms with Gasteiger partial charge in [0.15, 0.2) is 0 Å². The van der Waals surface area contributed by atoms with E-state index in [2.05, 4.69) is 15.6 Å². The third-order valence-electron chi connectivity index (χ3n) is 2.75. The third kappa shape index (κ3) is 4.57. The molecule has 2 aromatic rings. The molecule has 0 saturated carbocycles. The predicted molar refractivity (Wildman–Crippen MR) is 79.3 cm³/mol. The normalized spacial score (nSPS) is 10.1. The average molecular weight is 305 g/mol. The number of carbonyl (C=O) groups excluding carboxylic acids is 1. The fraction of sp³-hybridized carbons (Fsp3) is 0.214. The number of rotatable bonds is 5. The summed E-state index contributed by atoms with van der Waals surface area (Å²) in [7, 11) is 0. The van der Waals surface area contributed by atoms with E-state index in [4.69, 9.17) is 5.11 Å². The number of nitrogens with one attached hydrogen (secondary N) is 2. The van der Waals surface area contributed by atoms with Crippen LogP contribution in [0.1, 0.15) is 25.8 Å². The summed E-state index contributed by atoms with van der Waals surface area (Å²) in [5.41, 5.74) is 1.06. The first-order chi connectivity index (χ1) is 10.0. The van der Waals surface area contributed by atoms with E-state index < -0.39 is 5.97 Å². The van der Waals surface area contributed by atoms with Crippen LogP contribution in [0.2, 0.25) is 0 Å². The molecular formula is C14H15N3O3S. The first-order valence-corrected chi connectivity index (χ1v) is 7.11. The van der Waals surface area contributed by atoms with Crippen molar-refractivity contribution in [3.8, 4) is 0 Å². The number of nitrogens with zero attached hydrogens (tertiary/aromatic N) is 1. The molecular weight excluding hydrogens is 290 g/mol. The number of carboxylic acid groups (broad SMARTS) is 1. The molecule has 0 bridgehead atoms. The maximum absolute atomic E-state index is 11.6. The van der Waals surface area contributed by atoms with Gasteiger partial charge in [-0.3, -0.25) is 0 Å². The van der Waals surface area contributed by atoms with Crippen molar-refractivity contribution in [3.63, 3.8) is 0 Å². The van der Waals surface area contributed by atoms with Gasteiger partial charge in [0, 0.05) is 17.6 Å². The summed E-state index contributed by atoms with van der Waals surface area (Å²) in [5.74, 6) is -0.966. The van der Waals surface area contributed by atoms with Crippen LogP contribution in [0.15, 0.2) is 30.5 Å². The van der Waals surface area contributed by atoms with Gasteiger partial charge in [0.2, 0.25) is 0 Å². The topological polar surface area (TPSA) is 91.3 Å². The molecule has 0 aliphatic carbocycles. The van der Waals surface area contributed by atoms with E-state index >= 15 is 0 Å². The standard InChI is InChI=1S/C14H15N3O3S/c1-9-15-7-12(21-9)8-17-14(20)16-6-10-2-4-11(5-3-10)13(18)19/h2-5,7H,6,8H2,1H3,(H,18,19)(H2,16,17,20). The lowest BCUT2D eigenvalue weighted by Gasteiger charge is -2.07. The highest BCUT2D eigenvalue weighted by atomic mass is 32.1. The highest BCUT2D eigenvalue weighted by Gasteiger charge is 2.04. The number of carboxylic acids is 1. The van der Waals surface area contributed by atoms with Gasteiger partial charge in [0.25, 0.3) is 0 Å². The van der Waals surface area contributed by atoms with Gasteiger partial charge in [0.05, 0.1) is 17.1 Å². The molecule has 3 N–H and O–H groups in total. The summed E-state index contributed by atoms with van der Waals surface area (Å²) >= 11 is 1.54. The molecule has 1 aromatic heterocycles. The number of urea groups is 1. The van der Waals surface area contributed by atoms with Crippen molar-refractivity contribution in [3.05, 3.63) is 51.5 Å². The van der Waals surface area contributed by atoms with Crippen molar-refractivity contribution in [2.45, 2.75) is 20.0 Å². The van der Waals surface area contributed by atoms with Gasteiger partial charge in [-0.05, 0) is 24.6 Å². The van der Waals surface area contributed by atoms with Crippen LogP contribution in [0.5, 0.6) is 0 Å². The zero-order valence-electron chi connectivity index (χ0n) is 11.4. The van der Waals surface area contributed by atoms with Crippen molar-refractivity contribution in [2.75, 3.05) is 0 Å². The summed E-state index contributed by atoms with van der Waals surface area (Å²) in [4.78, 5) is 27.5. The Hall–Kier alpha value is -2.41. The molecule has 2 amide bonds. The minimum Gasteiger partial charge on any atom is -0.478 e. The number of benzene rings is 1. The summed E-state index contributed by atoms with van der Waals surface area (Å²) < 4.78 is 0. The Morgan fingerprint density at radius 3 is 2.43 bits per heavy atom. The van der Waals surface area contributed by atoms with E-state index in [1.807, 2.05) is 6.92 Å². The maximum atomic E-state index is 11.6. The summed E-state index contributed by atoms with van der Waals surface area (Å²) in [6.45, 7) is 2.69. The van der Waals surface area contributed by atoms with Crippen LogP contribution in [-0.4, -0.2) is 22.1 Å². The first kappa shape index (κ1) is 15.0. The zero-order valence-corrected chi connectivity index (χ0v) is 12.2. The molecule has 0 atom stereocenters. The van der Waals surface area contributed by atoms with Gasteiger partial charge < -0.3 is 15.7 Å². The number of aromatic carboxylic acids is 1. The Morgan fingerprint density at radius 2 is 1.86 bits per heavy atom. The molecule has 0 aliphatic heterocycles. The second-order valence-corrected chi connectivity index (χ2v) is 5.70. The number of hydrogen-bond acceptors (Lipinski definition) is 4. The van der Waals surface area contributed by atoms with Gasteiger partial charge in [-0.1, -0.05) is 12.1 Å². The maximum Gasteiger partial charge on any atom is 0.335 e. The van der Waals surface area contributed by atoms with Gasteiger partial charge in [-0.15, -0.1) is 11.3 Å². The van der Waals surface area contributed by atoms with E-state index in [1.54, 1.807) is 18.3 Å². The van der Waals surface area contributed by atoms with Crippen molar-refractivity contribution in [2.24, 2.45) is 0 Å². The number of hydrogen-bond donors (Lipinski definition) is 3. The molecule has 110 valence electrons. The van der Waals surface area contributed by atoms with E-state index in [1.165, 1.54) is 23.5 Å². The number of thiazole rings is 1. The minimum atomic E-state index is -0.966. The van der Waals surface area contributed by atoms with E-state index in [0.29, 0.717) is 13.1 Å². The van der Waals surface area contributed by atoms with Crippen molar-refractivity contribution in [1.29, 1.82) is 0 Å². The van der Waals surface area contributed by atoms with Gasteiger partial charge in [-0.25, -0.2) is 14.6 Å². The summed E-state index contributed by atoms with van der Waals surface area (Å²) in [6, 6.07) is 6.10. The van der Waals surface area contributed by atoms with Crippen LogP contribution in [0, 0.1) is 6.92 Å². The molecule has 0 spiro atoms. The van der Waals surface area contributed by atoms with Crippen molar-refractivity contribution >= 4 is 23.3 Å². The largest absolute Gasteiger partial charge is 0.478 e. The molecule has 7 heteroatoms. The molecule has 0 aliphatic rings. The van der Waals surface area contributed by atoms with E-state index in [9.17, 15) is 9.59 Å². The molecule has 21 heavy (non-hydrogen) atoms. The Bertz CT molecular complexity index is 637. The molecule has 0 radical (unpaired) electrons. The molecule has 0 unspecified atom stereocenters. The molecule has 1 aromatic carbocycles. The fourth-order valence-electron chi connectivity index (χ4n) is 1.66. The Labute approximate surface area is 125 Å². The highest BCUT2D eigenvalue weighted by Crippen LogP contribution is 2.10. The summed E-state index contributed by atoms with van der Waals surface area (Å²) in [5, 5.41) is 15.2. The quantitative estimate of drug-likeness (QED) is 0.789. The second kappa shape index (κ2) is 6.85. The molecule has 6 nitrogen and oxygen atoms in total. The molecule has 2 rings (SSSR count). The monoisotopic (exact) mass is 305 g/mol. The number of aryl methyl sites for hydroxylation is 1.